The van der Waals surface area contributed by atoms with E-state index in [4.69, 9.17) is 10.5 Å². The summed E-state index contributed by atoms with van der Waals surface area (Å²) in [5.74, 6) is -1.97. The van der Waals surface area contributed by atoms with E-state index in [9.17, 15) is 14.4 Å². The molecule has 0 radical (unpaired) electrons. The van der Waals surface area contributed by atoms with Gasteiger partial charge in [-0.1, -0.05) is 25.1 Å². The number of ether oxygens (including phenoxy) is 1. The molecule has 0 aliphatic rings. The van der Waals surface area contributed by atoms with Gasteiger partial charge in [-0.05, 0) is 25.0 Å². The van der Waals surface area contributed by atoms with Gasteiger partial charge in [-0.25, -0.2) is 0 Å². The zero-order valence-corrected chi connectivity index (χ0v) is 12.2. The van der Waals surface area contributed by atoms with Crippen LogP contribution in [-0.2, 0) is 14.3 Å². The summed E-state index contributed by atoms with van der Waals surface area (Å²) in [6.45, 7) is 3.63. The molecule has 0 saturated carbocycles. The molecule has 0 bridgehead atoms. The number of primary amides is 1. The Morgan fingerprint density at radius 2 is 1.86 bits per heavy atom. The van der Waals surface area contributed by atoms with Gasteiger partial charge in [-0.3, -0.25) is 14.4 Å². The number of hydrogen-bond acceptors (Lipinski definition) is 4. The van der Waals surface area contributed by atoms with Crippen molar-refractivity contribution in [3.05, 3.63) is 35.9 Å². The van der Waals surface area contributed by atoms with E-state index < -0.39 is 29.7 Å². The summed E-state index contributed by atoms with van der Waals surface area (Å²) in [4.78, 5) is 35.0. The van der Waals surface area contributed by atoms with Crippen LogP contribution in [0.4, 0.5) is 0 Å². The van der Waals surface area contributed by atoms with Crippen LogP contribution in [0.1, 0.15) is 30.6 Å². The van der Waals surface area contributed by atoms with Crippen LogP contribution in [0.3, 0.4) is 0 Å². The third-order valence-corrected chi connectivity index (χ3v) is 2.99. The Bertz CT molecular complexity index is 502. The Kier molecular flexibility index (Phi) is 6.39. The van der Waals surface area contributed by atoms with Crippen molar-refractivity contribution in [2.75, 3.05) is 6.61 Å². The van der Waals surface area contributed by atoms with Gasteiger partial charge in [-0.2, -0.15) is 0 Å². The molecular weight excluding hydrogens is 272 g/mol. The minimum Gasteiger partial charge on any atom is -0.466 e. The number of carbonyl (C=O) groups excluding carboxylic acids is 3. The van der Waals surface area contributed by atoms with Crippen LogP contribution in [0.25, 0.3) is 0 Å². The molecule has 1 aromatic rings. The summed E-state index contributed by atoms with van der Waals surface area (Å²) in [6, 6.07) is 7.55. The lowest BCUT2D eigenvalue weighted by molar-refractivity contribution is -0.144. The second-order valence-corrected chi connectivity index (χ2v) is 4.71. The predicted octanol–water partition coefficient (Wildman–Crippen LogP) is 0.860. The van der Waals surface area contributed by atoms with Crippen molar-refractivity contribution in [1.82, 2.24) is 5.32 Å². The Morgan fingerprint density at radius 3 is 2.38 bits per heavy atom. The molecule has 0 spiro atoms. The van der Waals surface area contributed by atoms with Crippen molar-refractivity contribution >= 4 is 17.8 Å². The number of carbonyl (C=O) groups is 3. The number of benzene rings is 1. The SMILES string of the molecule is CCOC(=O)C[C@@H](C)[C@H](NC(=O)c1ccccc1)C(N)=O. The van der Waals surface area contributed by atoms with Gasteiger partial charge in [0.25, 0.3) is 5.91 Å². The van der Waals surface area contributed by atoms with E-state index in [-0.39, 0.29) is 13.0 Å². The number of hydrogen-bond donors (Lipinski definition) is 2. The lowest BCUT2D eigenvalue weighted by atomic mass is 9.97. The van der Waals surface area contributed by atoms with Crippen LogP contribution in [0, 0.1) is 5.92 Å². The van der Waals surface area contributed by atoms with Gasteiger partial charge in [0.05, 0.1) is 13.0 Å². The van der Waals surface area contributed by atoms with Crippen LogP contribution in [-0.4, -0.2) is 30.4 Å². The minimum absolute atomic E-state index is 0.0104. The largest absolute Gasteiger partial charge is 0.466 e. The van der Waals surface area contributed by atoms with Gasteiger partial charge in [0.1, 0.15) is 6.04 Å². The van der Waals surface area contributed by atoms with Crippen LogP contribution in [0.15, 0.2) is 30.3 Å². The van der Waals surface area contributed by atoms with Crippen molar-refractivity contribution in [3.63, 3.8) is 0 Å². The molecule has 0 aromatic heterocycles. The van der Waals surface area contributed by atoms with Gasteiger partial charge in [-0.15, -0.1) is 0 Å². The fraction of sp³-hybridized carbons (Fsp3) is 0.400. The Balaban J connectivity index is 2.71. The standard InChI is InChI=1S/C15H20N2O4/c1-3-21-12(18)9-10(2)13(14(16)19)17-15(20)11-7-5-4-6-8-11/h4-8,10,13H,3,9H2,1-2H3,(H2,16,19)(H,17,20)/t10-,13+/m1/s1. The fourth-order valence-electron chi connectivity index (χ4n) is 1.91. The Morgan fingerprint density at radius 1 is 1.24 bits per heavy atom. The van der Waals surface area contributed by atoms with Crippen LogP contribution in [0.5, 0.6) is 0 Å². The van der Waals surface area contributed by atoms with E-state index >= 15 is 0 Å². The molecule has 3 N–H and O–H groups in total. The van der Waals surface area contributed by atoms with Crippen molar-refractivity contribution in [2.24, 2.45) is 11.7 Å². The van der Waals surface area contributed by atoms with Crippen molar-refractivity contribution in [2.45, 2.75) is 26.3 Å². The molecule has 6 nitrogen and oxygen atoms in total. The van der Waals surface area contributed by atoms with Crippen molar-refractivity contribution in [1.29, 1.82) is 0 Å². The summed E-state index contributed by atoms with van der Waals surface area (Å²) in [5.41, 5.74) is 5.73. The molecule has 114 valence electrons. The second-order valence-electron chi connectivity index (χ2n) is 4.71. The molecule has 0 fully saturated rings. The molecule has 0 saturated heterocycles. The first-order valence-electron chi connectivity index (χ1n) is 6.76. The van der Waals surface area contributed by atoms with Gasteiger partial charge < -0.3 is 15.8 Å². The maximum Gasteiger partial charge on any atom is 0.306 e. The highest BCUT2D eigenvalue weighted by Crippen LogP contribution is 2.11. The van der Waals surface area contributed by atoms with Crippen LogP contribution < -0.4 is 11.1 Å². The van der Waals surface area contributed by atoms with E-state index in [0.29, 0.717) is 5.56 Å². The maximum atomic E-state index is 12.0. The number of rotatable bonds is 7. The lowest BCUT2D eigenvalue weighted by Crippen LogP contribution is -2.49. The topological polar surface area (TPSA) is 98.5 Å². The average Bonchev–Trinajstić information content (AvgIpc) is 2.45. The monoisotopic (exact) mass is 292 g/mol. The first kappa shape index (κ1) is 16.7. The van der Waals surface area contributed by atoms with Gasteiger partial charge >= 0.3 is 5.97 Å². The molecule has 0 heterocycles. The molecule has 2 atom stereocenters. The predicted molar refractivity (Wildman–Crippen MR) is 77.3 cm³/mol. The third-order valence-electron chi connectivity index (χ3n) is 2.99. The van der Waals surface area contributed by atoms with E-state index in [1.807, 2.05) is 0 Å². The molecule has 0 aliphatic heterocycles. The Hall–Kier alpha value is -2.37. The molecule has 21 heavy (non-hydrogen) atoms. The maximum absolute atomic E-state index is 12.0. The third kappa shape index (κ3) is 5.25. The molecule has 0 aliphatic carbocycles. The first-order chi connectivity index (χ1) is 9.95. The lowest BCUT2D eigenvalue weighted by Gasteiger charge is -2.21. The quantitative estimate of drug-likeness (QED) is 0.728. The molecule has 2 amide bonds. The van der Waals surface area contributed by atoms with E-state index in [1.54, 1.807) is 44.2 Å². The number of esters is 1. The van der Waals surface area contributed by atoms with Crippen LogP contribution >= 0.6 is 0 Å². The number of nitrogens with two attached hydrogens (primary N) is 1. The molecule has 0 unspecified atom stereocenters. The van der Waals surface area contributed by atoms with E-state index in [1.165, 1.54) is 0 Å². The zero-order chi connectivity index (χ0) is 15.8. The number of nitrogens with one attached hydrogen (secondary N) is 1. The first-order valence-corrected chi connectivity index (χ1v) is 6.76. The molecule has 1 aromatic carbocycles. The normalized spacial score (nSPS) is 13.0. The molecular formula is C15H20N2O4. The van der Waals surface area contributed by atoms with E-state index in [0.717, 1.165) is 0 Å². The van der Waals surface area contributed by atoms with Gasteiger partial charge in [0, 0.05) is 5.56 Å². The summed E-state index contributed by atoms with van der Waals surface area (Å²) in [5, 5.41) is 2.56. The van der Waals surface area contributed by atoms with Gasteiger partial charge in [0.2, 0.25) is 5.91 Å². The van der Waals surface area contributed by atoms with Crippen molar-refractivity contribution in [3.8, 4) is 0 Å². The highest BCUT2D eigenvalue weighted by Gasteiger charge is 2.27. The Labute approximate surface area is 123 Å². The zero-order valence-electron chi connectivity index (χ0n) is 12.2. The summed E-state index contributed by atoms with van der Waals surface area (Å²) < 4.78 is 4.83. The second kappa shape index (κ2) is 8.04. The highest BCUT2D eigenvalue weighted by molar-refractivity contribution is 5.97. The number of amides is 2. The van der Waals surface area contributed by atoms with Crippen molar-refractivity contribution < 1.29 is 19.1 Å². The molecule has 1 rings (SSSR count). The summed E-state index contributed by atoms with van der Waals surface area (Å²) >= 11 is 0. The smallest absolute Gasteiger partial charge is 0.306 e. The fourth-order valence-corrected chi connectivity index (χ4v) is 1.91. The summed E-state index contributed by atoms with van der Waals surface area (Å²) in [6.07, 6.45) is 0.0104. The van der Waals surface area contributed by atoms with E-state index in [2.05, 4.69) is 5.32 Å². The van der Waals surface area contributed by atoms with Crippen LogP contribution in [0.2, 0.25) is 0 Å². The minimum atomic E-state index is -0.929. The average molecular weight is 292 g/mol. The summed E-state index contributed by atoms with van der Waals surface area (Å²) in [7, 11) is 0. The highest BCUT2D eigenvalue weighted by atomic mass is 16.5. The molecule has 6 heteroatoms. The van der Waals surface area contributed by atoms with Gasteiger partial charge in [0.15, 0.2) is 0 Å².